The molecular formula is C48H56N4O9. The van der Waals surface area contributed by atoms with Crippen LogP contribution in [0.25, 0.3) is 11.0 Å². The number of rotatable bonds is 7. The molecule has 9 rings (SSSR count). The lowest BCUT2D eigenvalue weighted by Gasteiger charge is -2.50. The molecule has 0 amide bonds. The summed E-state index contributed by atoms with van der Waals surface area (Å²) in [5, 5.41) is 51.9. The third kappa shape index (κ3) is 7.00. The van der Waals surface area contributed by atoms with E-state index in [0.29, 0.717) is 54.7 Å². The summed E-state index contributed by atoms with van der Waals surface area (Å²) in [5.74, 6) is -2.07. The molecule has 0 saturated heterocycles. The summed E-state index contributed by atoms with van der Waals surface area (Å²) in [5.41, 5.74) is 17.0. The van der Waals surface area contributed by atoms with Gasteiger partial charge in [0.15, 0.2) is 5.43 Å². The van der Waals surface area contributed by atoms with E-state index in [1.165, 1.54) is 0 Å². The Labute approximate surface area is 354 Å². The van der Waals surface area contributed by atoms with Crippen molar-refractivity contribution in [3.63, 3.8) is 0 Å². The fraction of sp³-hybridized carbons (Fsp3) is 0.458. The third-order valence-corrected chi connectivity index (χ3v) is 14.4. The predicted octanol–water partition coefficient (Wildman–Crippen LogP) is 5.30. The van der Waals surface area contributed by atoms with Crippen LogP contribution in [-0.2, 0) is 29.0 Å². The number of carbonyl (C=O) groups is 1. The van der Waals surface area contributed by atoms with Gasteiger partial charge in [0, 0.05) is 59.7 Å². The highest BCUT2D eigenvalue weighted by Gasteiger charge is 2.54. The molecule has 1 unspecified atom stereocenters. The highest BCUT2D eigenvalue weighted by atomic mass is 16.6. The van der Waals surface area contributed by atoms with Crippen molar-refractivity contribution in [1.29, 1.82) is 0 Å². The number of nitrogens with one attached hydrogen (secondary N) is 2. The average molecular weight is 833 g/mol. The molecule has 61 heavy (non-hydrogen) atoms. The van der Waals surface area contributed by atoms with Crippen LogP contribution in [0.3, 0.4) is 0 Å². The Bertz CT molecular complexity index is 2490. The molecule has 13 nitrogen and oxygen atoms in total. The first-order valence-corrected chi connectivity index (χ1v) is 21.7. The van der Waals surface area contributed by atoms with Gasteiger partial charge in [-0.1, -0.05) is 37.1 Å². The normalized spacial score (nSPS) is 28.6. The Balaban J connectivity index is 1.37. The molecular weight excluding hydrogens is 777 g/mol. The molecule has 5 heterocycles. The number of allylic oxidation sites excluding steroid dienone is 5. The molecule has 3 aromatic rings. The Morgan fingerprint density at radius 1 is 1.13 bits per heavy atom. The van der Waals surface area contributed by atoms with Gasteiger partial charge in [-0.3, -0.25) is 4.79 Å². The smallest absolute Gasteiger partial charge is 0.334 e. The topological polar surface area (TPSA) is 223 Å². The minimum Gasteiger partial charge on any atom is -0.508 e. The molecule has 1 aromatic heterocycles. The summed E-state index contributed by atoms with van der Waals surface area (Å²) >= 11 is 0. The fourth-order valence-electron chi connectivity index (χ4n) is 11.3. The molecule has 10 N–H and O–H groups in total. The van der Waals surface area contributed by atoms with E-state index >= 15 is 0 Å². The van der Waals surface area contributed by atoms with E-state index in [2.05, 4.69) is 16.7 Å². The third-order valence-electron chi connectivity index (χ3n) is 14.4. The summed E-state index contributed by atoms with van der Waals surface area (Å²) < 4.78 is 20.7. The minimum atomic E-state index is -1.26. The van der Waals surface area contributed by atoms with Gasteiger partial charge in [-0.15, -0.1) is 0 Å². The molecule has 1 fully saturated rings. The lowest BCUT2D eigenvalue weighted by molar-refractivity contribution is -0.166. The van der Waals surface area contributed by atoms with Crippen molar-refractivity contribution in [2.45, 2.75) is 108 Å². The monoisotopic (exact) mass is 832 g/mol. The number of phenolic OH excluding ortho intramolecular Hbond substituents is 2. The first kappa shape index (κ1) is 40.9. The van der Waals surface area contributed by atoms with Gasteiger partial charge in [-0.25, -0.2) is 4.79 Å². The second kappa shape index (κ2) is 16.1. The predicted molar refractivity (Wildman–Crippen MR) is 229 cm³/mol. The number of phenols is 2. The molecule has 6 aliphatic rings. The zero-order valence-electron chi connectivity index (χ0n) is 34.7. The Morgan fingerprint density at radius 3 is 2.66 bits per heavy atom. The zero-order valence-corrected chi connectivity index (χ0v) is 34.7. The summed E-state index contributed by atoms with van der Waals surface area (Å²) in [4.78, 5) is 28.7. The van der Waals surface area contributed by atoms with Gasteiger partial charge >= 0.3 is 5.97 Å². The van der Waals surface area contributed by atoms with Gasteiger partial charge in [0.2, 0.25) is 0 Å². The van der Waals surface area contributed by atoms with E-state index in [-0.39, 0.29) is 76.5 Å². The van der Waals surface area contributed by atoms with Crippen molar-refractivity contribution >= 4 is 16.9 Å². The number of ether oxygens (including phenoxy) is 2. The number of aryl methyl sites for hydroxylation is 1. The van der Waals surface area contributed by atoms with Crippen LogP contribution in [0.4, 0.5) is 0 Å². The van der Waals surface area contributed by atoms with Crippen molar-refractivity contribution < 1.29 is 39.1 Å². The number of dihydropyridines is 2. The Morgan fingerprint density at radius 2 is 1.93 bits per heavy atom. The van der Waals surface area contributed by atoms with Crippen LogP contribution >= 0.6 is 0 Å². The second-order valence-electron chi connectivity index (χ2n) is 17.8. The van der Waals surface area contributed by atoms with Crippen LogP contribution in [0.15, 0.2) is 92.1 Å². The lowest BCUT2D eigenvalue weighted by atomic mass is 9.65. The summed E-state index contributed by atoms with van der Waals surface area (Å²) in [6.07, 6.45) is 14.5. The first-order chi connectivity index (χ1) is 29.4. The number of aromatic hydroxyl groups is 2. The quantitative estimate of drug-likeness (QED) is 0.112. The van der Waals surface area contributed by atoms with Gasteiger partial charge < -0.3 is 56.4 Å². The van der Waals surface area contributed by atoms with Crippen molar-refractivity contribution in [2.75, 3.05) is 13.2 Å². The number of nitrogens with two attached hydrogens (primary N) is 2. The molecule has 2 aliphatic carbocycles. The maximum atomic E-state index is 14.5. The van der Waals surface area contributed by atoms with Crippen LogP contribution in [0.5, 0.6) is 17.2 Å². The summed E-state index contributed by atoms with van der Waals surface area (Å²) in [7, 11) is 0. The number of esters is 1. The molecule has 322 valence electrons. The van der Waals surface area contributed by atoms with Gasteiger partial charge in [-0.05, 0) is 110 Å². The van der Waals surface area contributed by atoms with Crippen LogP contribution in [0.2, 0.25) is 0 Å². The molecule has 7 atom stereocenters. The van der Waals surface area contributed by atoms with Crippen molar-refractivity contribution in [3.05, 3.63) is 121 Å². The van der Waals surface area contributed by atoms with Crippen molar-refractivity contribution in [2.24, 2.45) is 29.2 Å². The summed E-state index contributed by atoms with van der Waals surface area (Å²) in [6.45, 7) is 3.24. The van der Waals surface area contributed by atoms with Crippen molar-refractivity contribution in [3.8, 4) is 17.2 Å². The van der Waals surface area contributed by atoms with E-state index in [1.807, 2.05) is 44.3 Å². The second-order valence-corrected chi connectivity index (χ2v) is 17.8. The van der Waals surface area contributed by atoms with Gasteiger partial charge in [0.1, 0.15) is 58.1 Å². The first-order valence-electron chi connectivity index (χ1n) is 21.7. The molecule has 0 spiro atoms. The largest absolute Gasteiger partial charge is 0.508 e. The maximum absolute atomic E-state index is 14.5. The maximum Gasteiger partial charge on any atom is 0.334 e. The SMILES string of the molecule is C/C=C(\C(=O)O[C@@H]1Cc2c3c(c4oc(CO)cc(=O)c4c2O)[C@@H]2C4=CCNC(N)=C4[C@@H](CCc4ccc(O)cc4[C@H]2CO)C[C@@H](CC2=CNC(N)C=C2)[C@]1(C)O3)C1CCCC1. The van der Waals surface area contributed by atoms with E-state index in [9.17, 15) is 30.0 Å². The number of aliphatic hydroxyl groups is 2. The standard InChI is InChI=1S/C48H56N4O9/c1-3-31(25-6-4-5-7-25)47(58)60-37-20-34-43(57)41-36(56)19-30(22-53)59-45(41)42-40-32-14-15-51-46(50)39(32)27(10-9-26-11-12-29(55)18-33(26)35(40)23-54)17-28(48(37,2)61-44(34)42)16-24-8-13-38(49)52-21-24/h3,8,11-14,18-19,21,25,27-28,35,37-38,40,51-55,57H,4-7,9-10,15-17,20,22-23,49-50H2,1-2H3/b31-3-/t27-,28+,35+,37+,38?,40+,48-/m0/s1. The minimum absolute atomic E-state index is 0.00764. The number of carbonyl (C=O) groups excluding carboxylic acids is 1. The molecule has 13 heteroatoms. The number of hydrogen-bond acceptors (Lipinski definition) is 13. The Kier molecular flexibility index (Phi) is 10.8. The van der Waals surface area contributed by atoms with Crippen LogP contribution in [-0.4, -0.2) is 57.4 Å². The van der Waals surface area contributed by atoms with Crippen LogP contribution < -0.4 is 32.3 Å². The number of benzene rings is 2. The Hall–Kier alpha value is -5.50. The highest BCUT2D eigenvalue weighted by Crippen LogP contribution is 2.59. The molecule has 1 saturated carbocycles. The lowest BCUT2D eigenvalue weighted by Crippen LogP contribution is -2.57. The highest BCUT2D eigenvalue weighted by molar-refractivity contribution is 5.92. The van der Waals surface area contributed by atoms with Crippen LogP contribution in [0, 0.1) is 17.8 Å². The van der Waals surface area contributed by atoms with Gasteiger partial charge in [0.25, 0.3) is 0 Å². The van der Waals surface area contributed by atoms with E-state index in [0.717, 1.165) is 54.0 Å². The molecule has 4 bridgehead atoms. The van der Waals surface area contributed by atoms with E-state index < -0.39 is 41.5 Å². The fourth-order valence-corrected chi connectivity index (χ4v) is 11.3. The molecule has 2 aromatic carbocycles. The zero-order chi connectivity index (χ0) is 42.7. The molecule has 4 aliphatic heterocycles. The summed E-state index contributed by atoms with van der Waals surface area (Å²) in [6, 6.07) is 6.40. The van der Waals surface area contributed by atoms with Crippen LogP contribution in [0.1, 0.15) is 98.6 Å². The number of hydrogen-bond donors (Lipinski definition) is 8. The van der Waals surface area contributed by atoms with E-state index in [1.54, 1.807) is 12.1 Å². The van der Waals surface area contributed by atoms with Crippen molar-refractivity contribution in [1.82, 2.24) is 10.6 Å². The number of aliphatic hydroxyl groups excluding tert-OH is 2. The number of fused-ring (bicyclic) bond motifs is 5. The van der Waals surface area contributed by atoms with E-state index in [4.69, 9.17) is 25.4 Å². The van der Waals surface area contributed by atoms with Gasteiger partial charge in [0.05, 0.1) is 12.8 Å². The molecule has 0 radical (unpaired) electrons. The average Bonchev–Trinajstić information content (AvgIpc) is 3.79. The van der Waals surface area contributed by atoms with Gasteiger partial charge in [-0.2, -0.15) is 0 Å².